The quantitative estimate of drug-likeness (QED) is 0.652. The fraction of sp³-hybridized carbons (Fsp3) is 0.0769. The molecule has 0 aliphatic carbocycles. The summed E-state index contributed by atoms with van der Waals surface area (Å²) < 4.78 is 0.431. The molecule has 0 aliphatic heterocycles. The molecular weight excluding hydrogens is 340 g/mol. The number of amides is 1. The number of carbonyl (C=O) groups excluding carboxylic acids is 1. The van der Waals surface area contributed by atoms with Crippen LogP contribution in [0.25, 0.3) is 0 Å². The minimum atomic E-state index is -0.503. The van der Waals surface area contributed by atoms with Crippen LogP contribution >= 0.6 is 15.9 Å². The van der Waals surface area contributed by atoms with Crippen LogP contribution in [0.2, 0.25) is 0 Å². The van der Waals surface area contributed by atoms with E-state index in [9.17, 15) is 14.9 Å². The van der Waals surface area contributed by atoms with Gasteiger partial charge in [-0.1, -0.05) is 0 Å². The van der Waals surface area contributed by atoms with Crippen molar-refractivity contribution in [2.45, 2.75) is 0 Å². The summed E-state index contributed by atoms with van der Waals surface area (Å²) in [6, 6.07) is 7.41. The second-order valence-corrected chi connectivity index (χ2v) is 4.88. The lowest BCUT2D eigenvalue weighted by Crippen LogP contribution is -2.15. The van der Waals surface area contributed by atoms with Gasteiger partial charge in [0.25, 0.3) is 11.6 Å². The van der Waals surface area contributed by atoms with Crippen LogP contribution in [-0.2, 0) is 0 Å². The Kier molecular flexibility index (Phi) is 4.49. The minimum Gasteiger partial charge on any atom is -0.372 e. The zero-order valence-electron chi connectivity index (χ0n) is 11.0. The highest BCUT2D eigenvalue weighted by Gasteiger charge is 2.14. The molecule has 0 spiro atoms. The Bertz CT molecular complexity index is 706. The van der Waals surface area contributed by atoms with Gasteiger partial charge in [0, 0.05) is 29.8 Å². The van der Waals surface area contributed by atoms with Gasteiger partial charge >= 0.3 is 0 Å². The van der Waals surface area contributed by atoms with Gasteiger partial charge in [-0.05, 0) is 34.1 Å². The van der Waals surface area contributed by atoms with Crippen molar-refractivity contribution in [2.75, 3.05) is 17.7 Å². The summed E-state index contributed by atoms with van der Waals surface area (Å²) in [5.74, 6) is 0.0926. The molecule has 1 amide bonds. The summed E-state index contributed by atoms with van der Waals surface area (Å²) in [6.07, 6.45) is 1.57. The van der Waals surface area contributed by atoms with Crippen molar-refractivity contribution in [3.05, 3.63) is 56.7 Å². The SMILES string of the molecule is CNc1ncccc1C(=O)Nc1ccc([N+](=O)[O-])cc1Br. The number of nitrogens with zero attached hydrogens (tertiary/aromatic N) is 2. The van der Waals surface area contributed by atoms with Crippen LogP contribution in [0.3, 0.4) is 0 Å². The Morgan fingerprint density at radius 1 is 1.38 bits per heavy atom. The summed E-state index contributed by atoms with van der Waals surface area (Å²) in [5.41, 5.74) is 0.763. The molecule has 8 heteroatoms. The number of nitro benzene ring substituents is 1. The number of non-ortho nitro benzene ring substituents is 1. The number of nitrogens with one attached hydrogen (secondary N) is 2. The first-order valence-corrected chi connectivity index (χ1v) is 6.70. The molecule has 108 valence electrons. The zero-order valence-corrected chi connectivity index (χ0v) is 12.5. The Hall–Kier alpha value is -2.48. The Labute approximate surface area is 128 Å². The van der Waals surface area contributed by atoms with Crippen molar-refractivity contribution < 1.29 is 9.72 Å². The second-order valence-electron chi connectivity index (χ2n) is 4.02. The maximum absolute atomic E-state index is 12.2. The Morgan fingerprint density at radius 2 is 2.14 bits per heavy atom. The topological polar surface area (TPSA) is 97.2 Å². The molecule has 0 aliphatic rings. The van der Waals surface area contributed by atoms with Gasteiger partial charge in [0.15, 0.2) is 0 Å². The lowest BCUT2D eigenvalue weighted by molar-refractivity contribution is -0.384. The van der Waals surface area contributed by atoms with Gasteiger partial charge in [-0.2, -0.15) is 0 Å². The van der Waals surface area contributed by atoms with Gasteiger partial charge in [0.05, 0.1) is 16.2 Å². The number of hydrogen-bond donors (Lipinski definition) is 2. The number of hydrogen-bond acceptors (Lipinski definition) is 5. The highest BCUT2D eigenvalue weighted by molar-refractivity contribution is 9.10. The molecule has 0 atom stereocenters. The van der Waals surface area contributed by atoms with Crippen LogP contribution in [0.1, 0.15) is 10.4 Å². The van der Waals surface area contributed by atoms with Crippen LogP contribution in [0.4, 0.5) is 17.2 Å². The van der Waals surface area contributed by atoms with Crippen molar-refractivity contribution in [1.29, 1.82) is 0 Å². The predicted octanol–water partition coefficient (Wildman–Crippen LogP) is 3.05. The van der Waals surface area contributed by atoms with Crippen LogP contribution in [-0.4, -0.2) is 22.9 Å². The number of pyridine rings is 1. The van der Waals surface area contributed by atoms with E-state index >= 15 is 0 Å². The maximum atomic E-state index is 12.2. The number of anilines is 2. The molecule has 2 rings (SSSR count). The smallest absolute Gasteiger partial charge is 0.270 e. The third-order valence-electron chi connectivity index (χ3n) is 2.70. The molecule has 21 heavy (non-hydrogen) atoms. The third-order valence-corrected chi connectivity index (χ3v) is 3.36. The van der Waals surface area contributed by atoms with Crippen LogP contribution in [0, 0.1) is 10.1 Å². The van der Waals surface area contributed by atoms with Gasteiger partial charge in [-0.3, -0.25) is 14.9 Å². The Morgan fingerprint density at radius 3 is 2.76 bits per heavy atom. The predicted molar refractivity (Wildman–Crippen MR) is 82.5 cm³/mol. The van der Waals surface area contributed by atoms with Crippen LogP contribution in [0.15, 0.2) is 41.0 Å². The van der Waals surface area contributed by atoms with Gasteiger partial charge in [0.1, 0.15) is 5.82 Å². The van der Waals surface area contributed by atoms with E-state index in [1.54, 1.807) is 25.4 Å². The molecule has 7 nitrogen and oxygen atoms in total. The number of carbonyl (C=O) groups is 1. The second kappa shape index (κ2) is 6.31. The van der Waals surface area contributed by atoms with E-state index in [0.717, 1.165) is 0 Å². The highest BCUT2D eigenvalue weighted by atomic mass is 79.9. The van der Waals surface area contributed by atoms with Gasteiger partial charge in [0.2, 0.25) is 0 Å². The van der Waals surface area contributed by atoms with E-state index in [4.69, 9.17) is 0 Å². The molecule has 2 aromatic rings. The number of rotatable bonds is 4. The van der Waals surface area contributed by atoms with E-state index < -0.39 is 4.92 Å². The van der Waals surface area contributed by atoms with Gasteiger partial charge < -0.3 is 10.6 Å². The molecule has 0 bridgehead atoms. The summed E-state index contributed by atoms with van der Waals surface area (Å²) in [4.78, 5) is 26.4. The minimum absolute atomic E-state index is 0.0582. The monoisotopic (exact) mass is 350 g/mol. The third kappa shape index (κ3) is 3.34. The number of halogens is 1. The molecule has 1 aromatic carbocycles. The Balaban J connectivity index is 2.26. The molecule has 1 heterocycles. The van der Waals surface area contributed by atoms with Crippen LogP contribution < -0.4 is 10.6 Å². The lowest BCUT2D eigenvalue weighted by atomic mass is 10.2. The average Bonchev–Trinajstić information content (AvgIpc) is 2.48. The molecule has 0 saturated heterocycles. The van der Waals surface area contributed by atoms with E-state index in [1.165, 1.54) is 18.2 Å². The summed E-state index contributed by atoms with van der Waals surface area (Å²) in [7, 11) is 1.67. The van der Waals surface area contributed by atoms with E-state index in [1.807, 2.05) is 0 Å². The zero-order chi connectivity index (χ0) is 15.4. The number of nitro groups is 1. The summed E-state index contributed by atoms with van der Waals surface area (Å²) in [6.45, 7) is 0. The number of aromatic nitrogens is 1. The van der Waals surface area contributed by atoms with Gasteiger partial charge in [-0.25, -0.2) is 4.98 Å². The average molecular weight is 351 g/mol. The van der Waals surface area contributed by atoms with Crippen molar-refractivity contribution in [3.8, 4) is 0 Å². The molecule has 0 radical (unpaired) electrons. The van der Waals surface area contributed by atoms with E-state index in [2.05, 4.69) is 31.5 Å². The standard InChI is InChI=1S/C13H11BrN4O3/c1-15-12-9(3-2-6-16-12)13(19)17-11-5-4-8(18(20)21)7-10(11)14/h2-7H,1H3,(H,15,16)(H,17,19). The lowest BCUT2D eigenvalue weighted by Gasteiger charge is -2.10. The molecule has 0 saturated carbocycles. The first kappa shape index (κ1) is 14.9. The maximum Gasteiger partial charge on any atom is 0.270 e. The molecular formula is C13H11BrN4O3. The van der Waals surface area contributed by atoms with E-state index in [0.29, 0.717) is 21.5 Å². The largest absolute Gasteiger partial charge is 0.372 e. The normalized spacial score (nSPS) is 10.0. The number of benzene rings is 1. The molecule has 1 aromatic heterocycles. The first-order valence-electron chi connectivity index (χ1n) is 5.91. The fourth-order valence-electron chi connectivity index (χ4n) is 1.70. The molecule has 2 N–H and O–H groups in total. The van der Waals surface area contributed by atoms with Crippen LogP contribution in [0.5, 0.6) is 0 Å². The summed E-state index contributed by atoms with van der Waals surface area (Å²) >= 11 is 3.20. The van der Waals surface area contributed by atoms with Crippen molar-refractivity contribution >= 4 is 39.0 Å². The van der Waals surface area contributed by atoms with E-state index in [-0.39, 0.29) is 11.6 Å². The molecule has 0 fully saturated rings. The highest BCUT2D eigenvalue weighted by Crippen LogP contribution is 2.27. The molecule has 0 unspecified atom stereocenters. The van der Waals surface area contributed by atoms with Gasteiger partial charge in [-0.15, -0.1) is 0 Å². The fourth-order valence-corrected chi connectivity index (χ4v) is 2.16. The van der Waals surface area contributed by atoms with Crippen molar-refractivity contribution in [3.63, 3.8) is 0 Å². The summed E-state index contributed by atoms with van der Waals surface area (Å²) in [5, 5.41) is 16.2. The van der Waals surface area contributed by atoms with Crippen molar-refractivity contribution in [1.82, 2.24) is 4.98 Å². The van der Waals surface area contributed by atoms with Crippen molar-refractivity contribution in [2.24, 2.45) is 0 Å². The first-order chi connectivity index (χ1) is 10.0.